The summed E-state index contributed by atoms with van der Waals surface area (Å²) in [7, 11) is 1.31. The molecule has 0 radical (unpaired) electrons. The van der Waals surface area contributed by atoms with Gasteiger partial charge in [-0.05, 0) is 41.9 Å². The molecule has 0 saturated carbocycles. The van der Waals surface area contributed by atoms with Crippen molar-refractivity contribution in [3.63, 3.8) is 0 Å². The molecule has 1 aliphatic rings. The topological polar surface area (TPSA) is 63.6 Å². The molecule has 4 nitrogen and oxygen atoms in total. The van der Waals surface area contributed by atoms with Gasteiger partial charge in [0.25, 0.3) is 0 Å². The number of halogens is 1. The molecule has 0 bridgehead atoms. The summed E-state index contributed by atoms with van der Waals surface area (Å²) in [5, 5.41) is 12.1. The van der Waals surface area contributed by atoms with E-state index in [2.05, 4.69) is 4.74 Å². The van der Waals surface area contributed by atoms with E-state index < -0.39 is 17.0 Å². The van der Waals surface area contributed by atoms with Crippen LogP contribution in [0.15, 0.2) is 65.8 Å². The van der Waals surface area contributed by atoms with Gasteiger partial charge in [-0.3, -0.25) is 4.79 Å². The van der Waals surface area contributed by atoms with Crippen LogP contribution in [-0.2, 0) is 14.3 Å². The highest BCUT2D eigenvalue weighted by Crippen LogP contribution is 2.45. The number of hydrogen-bond acceptors (Lipinski definition) is 4. The Kier molecular flexibility index (Phi) is 6.81. The Morgan fingerprint density at radius 2 is 1.93 bits per heavy atom. The van der Waals surface area contributed by atoms with Crippen LogP contribution in [-0.4, -0.2) is 29.6 Å². The molecule has 148 valence electrons. The molecule has 0 unspecified atom stereocenters. The first-order valence-corrected chi connectivity index (χ1v) is 9.32. The molecule has 1 aromatic carbocycles. The number of ketones is 1. The summed E-state index contributed by atoms with van der Waals surface area (Å²) in [4.78, 5) is 23.6. The number of hydrogen-bond donors (Lipinski definition) is 1. The molecule has 0 aromatic heterocycles. The number of methoxy groups -OCH3 is 1. The number of ether oxygens (including phenoxy) is 1. The molecule has 0 spiro atoms. The summed E-state index contributed by atoms with van der Waals surface area (Å²) in [6.45, 7) is 5.41. The van der Waals surface area contributed by atoms with E-state index in [1.807, 2.05) is 32.0 Å². The van der Waals surface area contributed by atoms with Gasteiger partial charge in [0.15, 0.2) is 5.78 Å². The van der Waals surface area contributed by atoms with Crippen molar-refractivity contribution in [2.75, 3.05) is 7.11 Å². The maximum Gasteiger partial charge on any atom is 0.330 e. The van der Waals surface area contributed by atoms with Gasteiger partial charge in [0.1, 0.15) is 5.60 Å². The molecule has 1 aliphatic carbocycles. The third-order valence-corrected chi connectivity index (χ3v) is 5.23. The second-order valence-electron chi connectivity index (χ2n) is 7.49. The molecule has 1 aromatic rings. The fraction of sp³-hybridized carbons (Fsp3) is 0.304. The van der Waals surface area contributed by atoms with E-state index in [-0.39, 0.29) is 12.2 Å². The molecule has 2 rings (SSSR count). The van der Waals surface area contributed by atoms with Gasteiger partial charge in [-0.2, -0.15) is 0 Å². The van der Waals surface area contributed by atoms with Gasteiger partial charge >= 0.3 is 5.97 Å². The smallest absolute Gasteiger partial charge is 0.330 e. The van der Waals surface area contributed by atoms with E-state index >= 15 is 0 Å². The van der Waals surface area contributed by atoms with Crippen LogP contribution in [0.3, 0.4) is 0 Å². The van der Waals surface area contributed by atoms with Crippen LogP contribution in [0.2, 0.25) is 5.02 Å². The summed E-state index contributed by atoms with van der Waals surface area (Å²) in [5.41, 5.74) is -0.252. The van der Waals surface area contributed by atoms with Gasteiger partial charge in [0, 0.05) is 22.9 Å². The summed E-state index contributed by atoms with van der Waals surface area (Å²) < 4.78 is 4.62. The average Bonchev–Trinajstić information content (AvgIpc) is 2.62. The van der Waals surface area contributed by atoms with Crippen molar-refractivity contribution < 1.29 is 19.4 Å². The summed E-state index contributed by atoms with van der Waals surface area (Å²) >= 11 is 6.20. The van der Waals surface area contributed by atoms with Crippen LogP contribution in [0.25, 0.3) is 6.08 Å². The number of carbonyl (C=O) groups is 2. The highest BCUT2D eigenvalue weighted by Gasteiger charge is 2.47. The second-order valence-corrected chi connectivity index (χ2v) is 7.90. The molecular formula is C23H25ClO4. The number of aliphatic hydroxyl groups is 1. The van der Waals surface area contributed by atoms with Crippen molar-refractivity contribution in [3.8, 4) is 0 Å². The third kappa shape index (κ3) is 4.89. The van der Waals surface area contributed by atoms with Gasteiger partial charge in [-0.1, -0.05) is 61.9 Å². The maximum atomic E-state index is 12.2. The van der Waals surface area contributed by atoms with Crippen molar-refractivity contribution >= 4 is 29.4 Å². The van der Waals surface area contributed by atoms with Crippen LogP contribution >= 0.6 is 11.6 Å². The highest BCUT2D eigenvalue weighted by molar-refractivity contribution is 6.32. The largest absolute Gasteiger partial charge is 0.466 e. The highest BCUT2D eigenvalue weighted by atomic mass is 35.5. The number of benzene rings is 1. The molecule has 28 heavy (non-hydrogen) atoms. The minimum absolute atomic E-state index is 0.0521. The maximum absolute atomic E-state index is 12.2. The molecule has 0 fully saturated rings. The Morgan fingerprint density at radius 3 is 2.57 bits per heavy atom. The number of rotatable bonds is 5. The lowest BCUT2D eigenvalue weighted by Crippen LogP contribution is -2.48. The molecule has 5 heteroatoms. The molecule has 0 aliphatic heterocycles. The average molecular weight is 401 g/mol. The van der Waals surface area contributed by atoms with Gasteiger partial charge < -0.3 is 9.84 Å². The summed E-state index contributed by atoms with van der Waals surface area (Å²) in [6, 6.07) is 7.33. The Labute approximate surface area is 170 Å². The normalized spacial score (nSPS) is 22.6. The minimum atomic E-state index is -1.40. The van der Waals surface area contributed by atoms with E-state index in [0.717, 1.165) is 5.56 Å². The predicted molar refractivity (Wildman–Crippen MR) is 112 cm³/mol. The van der Waals surface area contributed by atoms with E-state index in [1.165, 1.54) is 19.3 Å². The van der Waals surface area contributed by atoms with Crippen LogP contribution in [0.1, 0.15) is 32.8 Å². The van der Waals surface area contributed by atoms with Gasteiger partial charge in [-0.25, -0.2) is 4.79 Å². The summed E-state index contributed by atoms with van der Waals surface area (Å²) in [5.74, 6) is -0.523. The van der Waals surface area contributed by atoms with E-state index in [9.17, 15) is 14.7 Å². The monoisotopic (exact) mass is 400 g/mol. The van der Waals surface area contributed by atoms with Crippen molar-refractivity contribution in [3.05, 3.63) is 76.4 Å². The van der Waals surface area contributed by atoms with Crippen LogP contribution in [0, 0.1) is 5.41 Å². The minimum Gasteiger partial charge on any atom is -0.466 e. The predicted octanol–water partition coefficient (Wildman–Crippen LogP) is 4.69. The fourth-order valence-corrected chi connectivity index (χ4v) is 3.33. The zero-order valence-corrected chi connectivity index (χ0v) is 17.3. The Morgan fingerprint density at radius 1 is 1.25 bits per heavy atom. The first-order chi connectivity index (χ1) is 13.1. The number of allylic oxidation sites excluding steroid dienone is 3. The lowest BCUT2D eigenvalue weighted by atomic mass is 9.64. The Balaban J connectivity index is 2.45. The van der Waals surface area contributed by atoms with Crippen LogP contribution in [0.4, 0.5) is 0 Å². The van der Waals surface area contributed by atoms with Crippen molar-refractivity contribution in [1.29, 1.82) is 0 Å². The first-order valence-electron chi connectivity index (χ1n) is 8.94. The zero-order chi connectivity index (χ0) is 20.9. The van der Waals surface area contributed by atoms with E-state index in [0.29, 0.717) is 16.2 Å². The lowest BCUT2D eigenvalue weighted by molar-refractivity contribution is -0.134. The Hall–Kier alpha value is -2.43. The lowest BCUT2D eigenvalue weighted by Gasteiger charge is -2.44. The first kappa shape index (κ1) is 21.9. The van der Waals surface area contributed by atoms with E-state index in [1.54, 1.807) is 37.3 Å². The fourth-order valence-electron chi connectivity index (χ4n) is 3.13. The molecule has 0 heterocycles. The van der Waals surface area contributed by atoms with Crippen LogP contribution in [0.5, 0.6) is 0 Å². The van der Waals surface area contributed by atoms with Crippen molar-refractivity contribution in [2.24, 2.45) is 5.41 Å². The third-order valence-electron chi connectivity index (χ3n) is 4.89. The SMILES string of the molecule is COC(=O)/C=C(C)\C=C\[C@@]1(O)C(/C=C/c2ccccc2Cl)=CC(=O)CC1(C)C. The number of esters is 1. The molecule has 1 atom stereocenters. The number of carbonyl (C=O) groups excluding carboxylic acids is 2. The van der Waals surface area contributed by atoms with Gasteiger partial charge in [0.05, 0.1) is 7.11 Å². The van der Waals surface area contributed by atoms with Crippen LogP contribution < -0.4 is 0 Å². The molecular weight excluding hydrogens is 376 g/mol. The van der Waals surface area contributed by atoms with Crippen molar-refractivity contribution in [2.45, 2.75) is 32.8 Å². The van der Waals surface area contributed by atoms with Crippen molar-refractivity contribution in [1.82, 2.24) is 0 Å². The van der Waals surface area contributed by atoms with Gasteiger partial charge in [0.2, 0.25) is 0 Å². The standard InChI is InChI=1S/C23H25ClO4/c1-16(13-21(26)28-4)11-12-23(27)18(14-19(25)15-22(23,2)3)10-9-17-7-5-6-8-20(17)24/h5-14,27H,15H2,1-4H3/b10-9+,12-11+,16-13-/t23-/m1/s1. The van der Waals surface area contributed by atoms with E-state index in [4.69, 9.17) is 11.6 Å². The summed E-state index contributed by atoms with van der Waals surface area (Å²) in [6.07, 6.45) is 9.77. The Bertz CT molecular complexity index is 890. The second kappa shape index (κ2) is 8.72. The molecule has 1 N–H and O–H groups in total. The zero-order valence-electron chi connectivity index (χ0n) is 16.5. The quantitative estimate of drug-likeness (QED) is 0.442. The molecule has 0 amide bonds. The van der Waals surface area contributed by atoms with Gasteiger partial charge in [-0.15, -0.1) is 0 Å². The molecule has 0 saturated heterocycles.